The van der Waals surface area contributed by atoms with Crippen LogP contribution in [0, 0.1) is 3.57 Å². The molecule has 2 rings (SSSR count). The number of aromatic nitrogens is 1. The molecule has 0 saturated carbocycles. The third-order valence-electron chi connectivity index (χ3n) is 2.54. The summed E-state index contributed by atoms with van der Waals surface area (Å²) in [5.74, 6) is 0.652. The minimum atomic E-state index is 0.547. The molecule has 18 heavy (non-hydrogen) atoms. The van der Waals surface area contributed by atoms with Crippen molar-refractivity contribution in [2.24, 2.45) is 0 Å². The molecule has 0 aliphatic heterocycles. The monoisotopic (exact) mass is 354 g/mol. The second-order valence-electron chi connectivity index (χ2n) is 4.16. The van der Waals surface area contributed by atoms with Crippen LogP contribution in [0.5, 0.6) is 5.88 Å². The molecule has 0 bridgehead atoms. The minimum absolute atomic E-state index is 0.547. The quantitative estimate of drug-likeness (QED) is 0.788. The number of ether oxygens (including phenoxy) is 1. The summed E-state index contributed by atoms with van der Waals surface area (Å²) in [6.07, 6.45) is 1.81. The van der Waals surface area contributed by atoms with Crippen molar-refractivity contribution in [2.45, 2.75) is 6.61 Å². The largest absolute Gasteiger partial charge is 0.473 e. The summed E-state index contributed by atoms with van der Waals surface area (Å²) in [7, 11) is 3.98. The Morgan fingerprint density at radius 1 is 1.11 bits per heavy atom. The maximum atomic E-state index is 5.63. The Labute approximate surface area is 121 Å². The van der Waals surface area contributed by atoms with Crippen molar-refractivity contribution in [1.29, 1.82) is 0 Å². The highest BCUT2D eigenvalue weighted by molar-refractivity contribution is 14.1. The summed E-state index contributed by atoms with van der Waals surface area (Å²) in [5, 5.41) is 0. The van der Waals surface area contributed by atoms with Gasteiger partial charge in [0.1, 0.15) is 6.61 Å². The van der Waals surface area contributed by atoms with Gasteiger partial charge in [-0.2, -0.15) is 0 Å². The highest BCUT2D eigenvalue weighted by Crippen LogP contribution is 2.15. The number of pyridine rings is 1. The zero-order valence-electron chi connectivity index (χ0n) is 10.4. The molecule has 0 atom stereocenters. The van der Waals surface area contributed by atoms with E-state index < -0.39 is 0 Å². The molecule has 1 aromatic heterocycles. The third kappa shape index (κ3) is 3.60. The summed E-state index contributed by atoms with van der Waals surface area (Å²) in [6, 6.07) is 12.2. The van der Waals surface area contributed by atoms with E-state index in [-0.39, 0.29) is 0 Å². The number of halogens is 1. The lowest BCUT2D eigenvalue weighted by Gasteiger charge is -2.12. The average Bonchev–Trinajstić information content (AvgIpc) is 2.38. The van der Waals surface area contributed by atoms with Gasteiger partial charge in [0, 0.05) is 23.7 Å². The van der Waals surface area contributed by atoms with Crippen molar-refractivity contribution in [1.82, 2.24) is 4.98 Å². The van der Waals surface area contributed by atoms with Gasteiger partial charge in [0.25, 0.3) is 0 Å². The van der Waals surface area contributed by atoms with E-state index in [0.29, 0.717) is 12.5 Å². The number of nitrogens with zero attached hydrogens (tertiary/aromatic N) is 2. The molecule has 0 unspecified atom stereocenters. The van der Waals surface area contributed by atoms with Crippen LogP contribution in [0.15, 0.2) is 42.6 Å². The predicted molar refractivity (Wildman–Crippen MR) is 82.1 cm³/mol. The van der Waals surface area contributed by atoms with Crippen molar-refractivity contribution in [2.75, 3.05) is 19.0 Å². The van der Waals surface area contributed by atoms with Crippen LogP contribution in [0.25, 0.3) is 0 Å². The molecular weight excluding hydrogens is 339 g/mol. The van der Waals surface area contributed by atoms with Crippen molar-refractivity contribution >= 4 is 28.3 Å². The van der Waals surface area contributed by atoms with Crippen LogP contribution in [0.4, 0.5) is 5.69 Å². The average molecular weight is 354 g/mol. The first-order valence-electron chi connectivity index (χ1n) is 5.66. The van der Waals surface area contributed by atoms with Gasteiger partial charge < -0.3 is 9.64 Å². The molecule has 0 fully saturated rings. The van der Waals surface area contributed by atoms with Crippen LogP contribution in [-0.2, 0) is 6.61 Å². The molecule has 4 heteroatoms. The molecule has 0 amide bonds. The molecule has 0 saturated heterocycles. The molecule has 0 aliphatic carbocycles. The Morgan fingerprint density at radius 3 is 2.39 bits per heavy atom. The smallest absolute Gasteiger partial charge is 0.213 e. The first kappa shape index (κ1) is 13.1. The lowest BCUT2D eigenvalue weighted by molar-refractivity contribution is 0.294. The standard InChI is InChI=1S/C14H15IN2O/c1-17(2)13-7-8-14(16-9-13)18-10-11-3-5-12(15)6-4-11/h3-9H,10H2,1-2H3. The fourth-order valence-electron chi connectivity index (χ4n) is 1.46. The van der Waals surface area contributed by atoms with Gasteiger partial charge >= 0.3 is 0 Å². The van der Waals surface area contributed by atoms with Gasteiger partial charge in [0.2, 0.25) is 5.88 Å². The zero-order chi connectivity index (χ0) is 13.0. The first-order chi connectivity index (χ1) is 8.65. The summed E-state index contributed by atoms with van der Waals surface area (Å²) in [5.41, 5.74) is 2.21. The summed E-state index contributed by atoms with van der Waals surface area (Å²) < 4.78 is 6.86. The SMILES string of the molecule is CN(C)c1ccc(OCc2ccc(I)cc2)nc1. The van der Waals surface area contributed by atoms with E-state index in [1.807, 2.05) is 37.3 Å². The van der Waals surface area contributed by atoms with Gasteiger partial charge in [-0.05, 0) is 46.4 Å². The fourth-order valence-corrected chi connectivity index (χ4v) is 1.82. The van der Waals surface area contributed by atoms with E-state index in [2.05, 4.69) is 51.8 Å². The minimum Gasteiger partial charge on any atom is -0.473 e. The highest BCUT2D eigenvalue weighted by atomic mass is 127. The van der Waals surface area contributed by atoms with Gasteiger partial charge in [-0.25, -0.2) is 4.98 Å². The van der Waals surface area contributed by atoms with Gasteiger partial charge in [-0.1, -0.05) is 12.1 Å². The van der Waals surface area contributed by atoms with Crippen LogP contribution in [-0.4, -0.2) is 19.1 Å². The van der Waals surface area contributed by atoms with Crippen LogP contribution >= 0.6 is 22.6 Å². The zero-order valence-corrected chi connectivity index (χ0v) is 12.6. The normalized spacial score (nSPS) is 10.2. The van der Waals surface area contributed by atoms with Crippen LogP contribution in [0.2, 0.25) is 0 Å². The van der Waals surface area contributed by atoms with Gasteiger partial charge in [0.15, 0.2) is 0 Å². The lowest BCUT2D eigenvalue weighted by atomic mass is 10.2. The maximum Gasteiger partial charge on any atom is 0.213 e. The Kier molecular flexibility index (Phi) is 4.41. The second kappa shape index (κ2) is 6.04. The first-order valence-corrected chi connectivity index (χ1v) is 6.73. The van der Waals surface area contributed by atoms with E-state index in [0.717, 1.165) is 11.3 Å². The molecule has 0 aliphatic rings. The number of hydrogen-bond donors (Lipinski definition) is 0. The van der Waals surface area contributed by atoms with Crippen molar-refractivity contribution in [3.8, 4) is 5.88 Å². The van der Waals surface area contributed by atoms with E-state index in [4.69, 9.17) is 4.74 Å². The predicted octanol–water partition coefficient (Wildman–Crippen LogP) is 3.33. The second-order valence-corrected chi connectivity index (χ2v) is 5.41. The molecule has 2 aromatic rings. The molecule has 0 radical (unpaired) electrons. The van der Waals surface area contributed by atoms with Gasteiger partial charge in [-0.15, -0.1) is 0 Å². The molecule has 0 N–H and O–H groups in total. The Balaban J connectivity index is 1.95. The highest BCUT2D eigenvalue weighted by Gasteiger charge is 1.99. The van der Waals surface area contributed by atoms with Gasteiger partial charge in [-0.3, -0.25) is 0 Å². The number of hydrogen-bond acceptors (Lipinski definition) is 3. The Bertz CT molecular complexity index is 494. The van der Waals surface area contributed by atoms with Crippen LogP contribution in [0.1, 0.15) is 5.56 Å². The van der Waals surface area contributed by atoms with E-state index in [1.165, 1.54) is 3.57 Å². The maximum absolute atomic E-state index is 5.63. The lowest BCUT2D eigenvalue weighted by Crippen LogP contribution is -2.08. The molecule has 0 spiro atoms. The third-order valence-corrected chi connectivity index (χ3v) is 3.26. The van der Waals surface area contributed by atoms with Gasteiger partial charge in [0.05, 0.1) is 11.9 Å². The van der Waals surface area contributed by atoms with Crippen molar-refractivity contribution in [3.05, 3.63) is 51.7 Å². The van der Waals surface area contributed by atoms with Crippen molar-refractivity contribution in [3.63, 3.8) is 0 Å². The van der Waals surface area contributed by atoms with E-state index in [9.17, 15) is 0 Å². The van der Waals surface area contributed by atoms with E-state index in [1.54, 1.807) is 0 Å². The fraction of sp³-hybridized carbons (Fsp3) is 0.214. The Morgan fingerprint density at radius 2 is 1.83 bits per heavy atom. The topological polar surface area (TPSA) is 25.4 Å². The number of rotatable bonds is 4. The Hall–Kier alpha value is -1.30. The number of anilines is 1. The van der Waals surface area contributed by atoms with E-state index >= 15 is 0 Å². The molecule has 3 nitrogen and oxygen atoms in total. The summed E-state index contributed by atoms with van der Waals surface area (Å²) in [6.45, 7) is 0.547. The molecule has 1 aromatic carbocycles. The molecule has 1 heterocycles. The van der Waals surface area contributed by atoms with Crippen LogP contribution in [0.3, 0.4) is 0 Å². The summed E-state index contributed by atoms with van der Waals surface area (Å²) >= 11 is 2.29. The van der Waals surface area contributed by atoms with Crippen LogP contribution < -0.4 is 9.64 Å². The van der Waals surface area contributed by atoms with Crippen molar-refractivity contribution < 1.29 is 4.74 Å². The molecular formula is C14H15IN2O. The molecule has 94 valence electrons. The summed E-state index contributed by atoms with van der Waals surface area (Å²) in [4.78, 5) is 6.28. The number of benzene rings is 1.